The minimum Gasteiger partial charge on any atom is -0.351 e. The third kappa shape index (κ3) is 4.78. The Hall–Kier alpha value is -4.59. The normalized spacial score (nSPS) is 18.9. The number of amides is 1. The Morgan fingerprint density at radius 2 is 2.00 bits per heavy atom. The smallest absolute Gasteiger partial charge is 0.246 e. The second kappa shape index (κ2) is 11.4. The average Bonchev–Trinajstić information content (AvgIpc) is 3.46. The molecule has 45 heavy (non-hydrogen) atoms. The highest BCUT2D eigenvalue weighted by molar-refractivity contribution is 6.35. The van der Waals surface area contributed by atoms with Gasteiger partial charge in [0, 0.05) is 65.9 Å². The summed E-state index contributed by atoms with van der Waals surface area (Å²) >= 11 is 6.95. The van der Waals surface area contributed by atoms with E-state index in [1.807, 2.05) is 44.4 Å². The van der Waals surface area contributed by atoms with Crippen LogP contribution in [0.3, 0.4) is 0 Å². The van der Waals surface area contributed by atoms with Gasteiger partial charge in [-0.2, -0.15) is 5.26 Å². The molecule has 11 heteroatoms. The summed E-state index contributed by atoms with van der Waals surface area (Å²) in [5.41, 5.74) is 3.16. The van der Waals surface area contributed by atoms with Crippen LogP contribution in [0.2, 0.25) is 5.02 Å². The van der Waals surface area contributed by atoms with E-state index >= 15 is 4.39 Å². The van der Waals surface area contributed by atoms with E-state index < -0.39 is 5.82 Å². The van der Waals surface area contributed by atoms with E-state index in [1.165, 1.54) is 6.08 Å². The molecule has 5 aromatic rings. The number of para-hydroxylation sites is 1. The van der Waals surface area contributed by atoms with Crippen molar-refractivity contribution < 1.29 is 9.18 Å². The van der Waals surface area contributed by atoms with Crippen molar-refractivity contribution in [2.75, 3.05) is 38.6 Å². The fourth-order valence-electron chi connectivity index (χ4n) is 6.84. The molecule has 2 aliphatic heterocycles. The van der Waals surface area contributed by atoms with Gasteiger partial charge in [0.15, 0.2) is 11.6 Å². The maximum absolute atomic E-state index is 16.9. The molecule has 0 bridgehead atoms. The first kappa shape index (κ1) is 29.1. The zero-order chi connectivity index (χ0) is 31.4. The third-order valence-electron chi connectivity index (χ3n) is 9.33. The van der Waals surface area contributed by atoms with Crippen LogP contribution in [-0.2, 0) is 4.79 Å². The van der Waals surface area contributed by atoms with E-state index in [9.17, 15) is 10.1 Å². The Kier molecular flexibility index (Phi) is 7.38. The summed E-state index contributed by atoms with van der Waals surface area (Å²) in [6, 6.07) is 13.5. The van der Waals surface area contributed by atoms with Crippen molar-refractivity contribution in [1.82, 2.24) is 29.3 Å². The lowest BCUT2D eigenvalue weighted by Crippen LogP contribution is -2.57. The number of anilines is 1. The topological polar surface area (TPSA) is 94.2 Å². The monoisotopic (exact) mass is 622 g/mol. The number of hydrogen-bond donors (Lipinski definition) is 0. The maximum atomic E-state index is 16.9. The van der Waals surface area contributed by atoms with Crippen LogP contribution < -0.4 is 4.90 Å². The first-order valence-electron chi connectivity index (χ1n) is 15.0. The van der Waals surface area contributed by atoms with Crippen LogP contribution in [0, 0.1) is 17.1 Å². The predicted octanol–water partition coefficient (Wildman–Crippen LogP) is 5.97. The van der Waals surface area contributed by atoms with Crippen molar-refractivity contribution in [2.24, 2.45) is 0 Å². The molecule has 7 rings (SSSR count). The van der Waals surface area contributed by atoms with Gasteiger partial charge in [-0.1, -0.05) is 42.4 Å². The van der Waals surface area contributed by atoms with E-state index in [0.717, 1.165) is 24.0 Å². The Morgan fingerprint density at radius 1 is 1.20 bits per heavy atom. The number of halogens is 2. The summed E-state index contributed by atoms with van der Waals surface area (Å²) in [6.45, 7) is 5.60. The summed E-state index contributed by atoms with van der Waals surface area (Å²) in [6.07, 6.45) is 6.18. The number of aromatic nitrogens is 4. The molecule has 0 aliphatic carbocycles. The van der Waals surface area contributed by atoms with Crippen molar-refractivity contribution in [3.8, 4) is 17.2 Å². The molecule has 228 valence electrons. The van der Waals surface area contributed by atoms with Crippen LogP contribution in [0.4, 0.5) is 10.2 Å². The van der Waals surface area contributed by atoms with Gasteiger partial charge in [0.1, 0.15) is 11.0 Å². The molecular formula is C34H32ClFN8O. The standard InChI is InChI=1S/C34H32ClFN8O/c1-4-27(45)43-14-11-22(15-21(43)10-12-37)44-19-39-32-33(44)25-16-26(35)28(24-9-5-7-20-8-6-13-38-30(20)24)29(36)31(25)40-34(32)42-17-23(18-42)41(2)3/h4-9,13,16,19,21-23H,1,10-11,14-15,17-18H2,2-3H3/t21-,22+/m1/s1. The number of nitriles is 1. The van der Waals surface area contributed by atoms with Gasteiger partial charge in [-0.3, -0.25) is 9.78 Å². The summed E-state index contributed by atoms with van der Waals surface area (Å²) in [4.78, 5) is 32.9. The minimum absolute atomic E-state index is 0.0737. The number of imidazole rings is 1. The molecule has 2 aliphatic rings. The van der Waals surface area contributed by atoms with Crippen molar-refractivity contribution >= 4 is 56.2 Å². The van der Waals surface area contributed by atoms with Crippen LogP contribution in [-0.4, -0.2) is 81.0 Å². The molecule has 0 unspecified atom stereocenters. The van der Waals surface area contributed by atoms with Crippen molar-refractivity contribution in [3.63, 3.8) is 0 Å². The van der Waals surface area contributed by atoms with Crippen LogP contribution in [0.5, 0.6) is 0 Å². The molecule has 2 aromatic carbocycles. The number of likely N-dealkylation sites (N-methyl/N-ethyl adjacent to an activating group) is 1. The number of carbonyl (C=O) groups excluding carboxylic acids is 1. The molecule has 9 nitrogen and oxygen atoms in total. The number of pyridine rings is 2. The van der Waals surface area contributed by atoms with E-state index in [0.29, 0.717) is 53.2 Å². The summed E-state index contributed by atoms with van der Waals surface area (Å²) in [5, 5.41) is 11.3. The van der Waals surface area contributed by atoms with Gasteiger partial charge in [0.25, 0.3) is 0 Å². The first-order chi connectivity index (χ1) is 21.8. The van der Waals surface area contributed by atoms with Gasteiger partial charge in [0.05, 0.1) is 34.9 Å². The van der Waals surface area contributed by atoms with Gasteiger partial charge >= 0.3 is 0 Å². The van der Waals surface area contributed by atoms with Crippen LogP contribution >= 0.6 is 11.6 Å². The summed E-state index contributed by atoms with van der Waals surface area (Å²) in [7, 11) is 4.10. The molecular weight excluding hydrogens is 591 g/mol. The Labute approximate surface area is 265 Å². The maximum Gasteiger partial charge on any atom is 0.246 e. The third-order valence-corrected chi connectivity index (χ3v) is 9.63. The first-order valence-corrected chi connectivity index (χ1v) is 15.4. The molecule has 0 radical (unpaired) electrons. The quantitative estimate of drug-likeness (QED) is 0.215. The lowest BCUT2D eigenvalue weighted by Gasteiger charge is -2.43. The molecule has 0 saturated carbocycles. The number of piperidine rings is 1. The lowest BCUT2D eigenvalue weighted by molar-refractivity contribution is -0.130. The van der Waals surface area contributed by atoms with Crippen molar-refractivity contribution in [3.05, 3.63) is 72.4 Å². The molecule has 2 atom stereocenters. The zero-order valence-corrected chi connectivity index (χ0v) is 25.9. The van der Waals surface area contributed by atoms with Crippen LogP contribution in [0.15, 0.2) is 61.6 Å². The number of fused-ring (bicyclic) bond motifs is 4. The number of hydrogen-bond acceptors (Lipinski definition) is 7. The van der Waals surface area contributed by atoms with Crippen molar-refractivity contribution in [2.45, 2.75) is 37.4 Å². The number of rotatable bonds is 6. The summed E-state index contributed by atoms with van der Waals surface area (Å²) in [5.74, 6) is -0.0610. The molecule has 2 fully saturated rings. The van der Waals surface area contributed by atoms with E-state index in [2.05, 4.69) is 32.0 Å². The summed E-state index contributed by atoms with van der Waals surface area (Å²) < 4.78 is 19.0. The molecule has 0 N–H and O–H groups in total. The van der Waals surface area contributed by atoms with Gasteiger partial charge in [-0.25, -0.2) is 14.4 Å². The minimum atomic E-state index is -0.509. The highest BCUT2D eigenvalue weighted by atomic mass is 35.5. The predicted molar refractivity (Wildman–Crippen MR) is 175 cm³/mol. The average molecular weight is 623 g/mol. The van der Waals surface area contributed by atoms with Crippen LogP contribution in [0.25, 0.3) is 44.0 Å². The number of carbonyl (C=O) groups is 1. The molecule has 5 heterocycles. The van der Waals surface area contributed by atoms with Gasteiger partial charge in [0.2, 0.25) is 5.91 Å². The molecule has 1 amide bonds. The van der Waals surface area contributed by atoms with E-state index in [-0.39, 0.29) is 40.5 Å². The second-order valence-corrected chi connectivity index (χ2v) is 12.5. The molecule has 2 saturated heterocycles. The SMILES string of the molecule is C=CC(=O)N1CC[C@H](n2cnc3c(N4CC(N(C)C)C4)nc4c(F)c(-c5cccc6cccnc56)c(Cl)cc4c32)C[C@H]1CC#N. The number of nitrogens with zero attached hydrogens (tertiary/aromatic N) is 8. The molecule has 3 aromatic heterocycles. The van der Waals surface area contributed by atoms with E-state index in [4.69, 9.17) is 21.6 Å². The Balaban J connectivity index is 1.43. The highest BCUT2D eigenvalue weighted by Gasteiger charge is 2.35. The van der Waals surface area contributed by atoms with Gasteiger partial charge in [-0.05, 0) is 45.1 Å². The Morgan fingerprint density at radius 3 is 2.76 bits per heavy atom. The van der Waals surface area contributed by atoms with E-state index in [1.54, 1.807) is 23.5 Å². The lowest BCUT2D eigenvalue weighted by atomic mass is 9.94. The number of likely N-dealkylation sites (tertiary alicyclic amines) is 1. The number of benzene rings is 2. The van der Waals surface area contributed by atoms with Crippen molar-refractivity contribution in [1.29, 1.82) is 5.26 Å². The van der Waals surface area contributed by atoms with Gasteiger partial charge < -0.3 is 19.3 Å². The highest BCUT2D eigenvalue weighted by Crippen LogP contribution is 2.43. The molecule has 0 spiro atoms. The zero-order valence-electron chi connectivity index (χ0n) is 25.1. The second-order valence-electron chi connectivity index (χ2n) is 12.1. The largest absolute Gasteiger partial charge is 0.351 e. The van der Waals surface area contributed by atoms with Gasteiger partial charge in [-0.15, -0.1) is 0 Å². The Bertz CT molecular complexity index is 2020. The fourth-order valence-corrected chi connectivity index (χ4v) is 7.14. The fraction of sp³-hybridized carbons (Fsp3) is 0.324. The van der Waals surface area contributed by atoms with Crippen LogP contribution in [0.1, 0.15) is 25.3 Å².